The number of aromatic amines is 1. The third-order valence-electron chi connectivity index (χ3n) is 4.82. The lowest BCUT2D eigenvalue weighted by molar-refractivity contribution is 0.0709. The van der Waals surface area contributed by atoms with Gasteiger partial charge in [0.25, 0.3) is 5.91 Å². The first kappa shape index (κ1) is 14.8. The van der Waals surface area contributed by atoms with Crippen molar-refractivity contribution in [1.82, 2.24) is 15.1 Å². The summed E-state index contributed by atoms with van der Waals surface area (Å²) in [5.74, 6) is 0.721. The number of amides is 1. The molecule has 4 rings (SSSR count). The smallest absolute Gasteiger partial charge is 0.274 e. The molecule has 24 heavy (non-hydrogen) atoms. The highest BCUT2D eigenvalue weighted by atomic mass is 16.3. The van der Waals surface area contributed by atoms with Gasteiger partial charge in [0.1, 0.15) is 5.75 Å². The zero-order chi connectivity index (χ0) is 16.5. The average molecular weight is 321 g/mol. The zero-order valence-corrected chi connectivity index (χ0v) is 13.3. The normalized spacial score (nSPS) is 15.8. The lowest BCUT2D eigenvalue weighted by Gasteiger charge is -2.32. The van der Waals surface area contributed by atoms with Gasteiger partial charge in [-0.15, -0.1) is 0 Å². The summed E-state index contributed by atoms with van der Waals surface area (Å²) in [6.45, 7) is 1.46. The summed E-state index contributed by atoms with van der Waals surface area (Å²) in [6.07, 6.45) is 1.86. The Morgan fingerprint density at radius 1 is 1.08 bits per heavy atom. The van der Waals surface area contributed by atoms with Gasteiger partial charge in [0.15, 0.2) is 5.69 Å². The Kier molecular flexibility index (Phi) is 3.69. The Hall–Kier alpha value is -2.82. The van der Waals surface area contributed by atoms with Gasteiger partial charge in [-0.3, -0.25) is 9.89 Å². The number of H-pyrrole nitrogens is 1. The van der Waals surface area contributed by atoms with E-state index in [1.54, 1.807) is 12.1 Å². The number of benzene rings is 2. The molecule has 0 atom stereocenters. The second-order valence-electron chi connectivity index (χ2n) is 6.28. The molecular weight excluding hydrogens is 302 g/mol. The number of aromatic nitrogens is 2. The highest BCUT2D eigenvalue weighted by Gasteiger charge is 2.26. The molecule has 5 nitrogen and oxygen atoms in total. The number of likely N-dealkylation sites (tertiary alicyclic amines) is 1. The number of nitrogens with zero attached hydrogens (tertiary/aromatic N) is 2. The van der Waals surface area contributed by atoms with Crippen LogP contribution in [0.15, 0.2) is 48.5 Å². The van der Waals surface area contributed by atoms with Gasteiger partial charge in [-0.25, -0.2) is 0 Å². The Bertz CT molecular complexity index is 862. The number of phenolic OH excluding ortho intramolecular Hbond substituents is 1. The first-order chi connectivity index (χ1) is 11.7. The predicted molar refractivity (Wildman–Crippen MR) is 92.1 cm³/mol. The van der Waals surface area contributed by atoms with Gasteiger partial charge in [0, 0.05) is 18.5 Å². The molecule has 122 valence electrons. The molecule has 0 aliphatic carbocycles. The van der Waals surface area contributed by atoms with Crippen LogP contribution in [0.2, 0.25) is 0 Å². The van der Waals surface area contributed by atoms with E-state index in [1.807, 2.05) is 41.3 Å². The summed E-state index contributed by atoms with van der Waals surface area (Å²) in [7, 11) is 0. The monoisotopic (exact) mass is 321 g/mol. The summed E-state index contributed by atoms with van der Waals surface area (Å²) in [6, 6.07) is 15.1. The number of phenols is 1. The summed E-state index contributed by atoms with van der Waals surface area (Å²) >= 11 is 0. The highest BCUT2D eigenvalue weighted by Crippen LogP contribution is 2.30. The SMILES string of the molecule is O=C(c1n[nH]c2ccccc12)N1CCC(c2ccc(O)cc2)CC1. The molecule has 2 heterocycles. The average Bonchev–Trinajstić information content (AvgIpc) is 3.06. The van der Waals surface area contributed by atoms with Crippen LogP contribution in [0.4, 0.5) is 0 Å². The van der Waals surface area contributed by atoms with Crippen molar-refractivity contribution in [3.8, 4) is 5.75 Å². The van der Waals surface area contributed by atoms with Crippen molar-refractivity contribution in [2.24, 2.45) is 0 Å². The molecule has 0 spiro atoms. The molecule has 2 N–H and O–H groups in total. The number of hydrogen-bond acceptors (Lipinski definition) is 3. The molecule has 0 unspecified atom stereocenters. The van der Waals surface area contributed by atoms with Crippen LogP contribution in [0, 0.1) is 0 Å². The summed E-state index contributed by atoms with van der Waals surface area (Å²) in [5.41, 5.74) is 2.62. The molecule has 3 aromatic rings. The number of nitrogens with one attached hydrogen (secondary N) is 1. The van der Waals surface area contributed by atoms with E-state index < -0.39 is 0 Å². The van der Waals surface area contributed by atoms with Crippen molar-refractivity contribution in [2.75, 3.05) is 13.1 Å². The fraction of sp³-hybridized carbons (Fsp3) is 0.263. The highest BCUT2D eigenvalue weighted by molar-refractivity contribution is 6.04. The van der Waals surface area contributed by atoms with Crippen molar-refractivity contribution < 1.29 is 9.90 Å². The number of carbonyl (C=O) groups excluding carboxylic acids is 1. The van der Waals surface area contributed by atoms with Gasteiger partial charge in [0.05, 0.1) is 5.52 Å². The van der Waals surface area contributed by atoms with Crippen LogP contribution in [0.5, 0.6) is 5.75 Å². The number of fused-ring (bicyclic) bond motifs is 1. The third kappa shape index (κ3) is 2.62. The lowest BCUT2D eigenvalue weighted by atomic mass is 9.89. The summed E-state index contributed by atoms with van der Waals surface area (Å²) in [4.78, 5) is 14.7. The molecule has 1 amide bonds. The minimum Gasteiger partial charge on any atom is -0.508 e. The van der Waals surface area contributed by atoms with E-state index in [9.17, 15) is 9.90 Å². The van der Waals surface area contributed by atoms with Crippen molar-refractivity contribution in [3.63, 3.8) is 0 Å². The Morgan fingerprint density at radius 3 is 2.54 bits per heavy atom. The van der Waals surface area contributed by atoms with E-state index >= 15 is 0 Å². The number of hydrogen-bond donors (Lipinski definition) is 2. The molecule has 1 saturated heterocycles. The molecule has 0 bridgehead atoms. The van der Waals surface area contributed by atoms with Crippen molar-refractivity contribution in [3.05, 3.63) is 59.8 Å². The molecule has 1 aromatic heterocycles. The fourth-order valence-corrected chi connectivity index (χ4v) is 3.44. The van der Waals surface area contributed by atoms with Crippen LogP contribution in [-0.2, 0) is 0 Å². The van der Waals surface area contributed by atoms with E-state index in [0.717, 1.165) is 36.8 Å². The molecule has 1 aliphatic heterocycles. The largest absolute Gasteiger partial charge is 0.508 e. The van der Waals surface area contributed by atoms with Crippen LogP contribution in [0.1, 0.15) is 34.8 Å². The number of piperidine rings is 1. The van der Waals surface area contributed by atoms with Crippen LogP contribution in [0.3, 0.4) is 0 Å². The lowest BCUT2D eigenvalue weighted by Crippen LogP contribution is -2.38. The van der Waals surface area contributed by atoms with Gasteiger partial charge in [0.2, 0.25) is 0 Å². The Balaban J connectivity index is 1.47. The first-order valence-electron chi connectivity index (χ1n) is 8.23. The zero-order valence-electron chi connectivity index (χ0n) is 13.3. The van der Waals surface area contributed by atoms with Crippen molar-refractivity contribution in [2.45, 2.75) is 18.8 Å². The second-order valence-corrected chi connectivity index (χ2v) is 6.28. The fourth-order valence-electron chi connectivity index (χ4n) is 3.44. The minimum atomic E-state index is -0.00314. The topological polar surface area (TPSA) is 69.2 Å². The van der Waals surface area contributed by atoms with E-state index in [1.165, 1.54) is 5.56 Å². The number of para-hydroxylation sites is 1. The van der Waals surface area contributed by atoms with Gasteiger partial charge in [-0.05, 0) is 42.5 Å². The van der Waals surface area contributed by atoms with Crippen LogP contribution in [0.25, 0.3) is 10.9 Å². The van der Waals surface area contributed by atoms with Crippen LogP contribution in [-0.4, -0.2) is 39.2 Å². The van der Waals surface area contributed by atoms with Crippen LogP contribution < -0.4 is 0 Å². The number of carbonyl (C=O) groups is 1. The molecule has 0 saturated carbocycles. The number of rotatable bonds is 2. The maximum absolute atomic E-state index is 12.8. The predicted octanol–water partition coefficient (Wildman–Crippen LogP) is 3.29. The van der Waals surface area contributed by atoms with Gasteiger partial charge in [-0.2, -0.15) is 5.10 Å². The molecule has 5 heteroatoms. The minimum absolute atomic E-state index is 0.00314. The number of aromatic hydroxyl groups is 1. The quantitative estimate of drug-likeness (QED) is 0.761. The van der Waals surface area contributed by atoms with Gasteiger partial charge < -0.3 is 10.0 Å². The first-order valence-corrected chi connectivity index (χ1v) is 8.23. The van der Waals surface area contributed by atoms with E-state index in [0.29, 0.717) is 11.6 Å². The van der Waals surface area contributed by atoms with E-state index in [2.05, 4.69) is 10.2 Å². The summed E-state index contributed by atoms with van der Waals surface area (Å²) < 4.78 is 0. The van der Waals surface area contributed by atoms with Crippen molar-refractivity contribution in [1.29, 1.82) is 0 Å². The third-order valence-corrected chi connectivity index (χ3v) is 4.82. The molecule has 0 radical (unpaired) electrons. The van der Waals surface area contributed by atoms with Gasteiger partial charge in [-0.1, -0.05) is 30.3 Å². The maximum atomic E-state index is 12.8. The molecule has 1 aliphatic rings. The van der Waals surface area contributed by atoms with E-state index in [4.69, 9.17) is 0 Å². The van der Waals surface area contributed by atoms with Crippen molar-refractivity contribution >= 4 is 16.8 Å². The maximum Gasteiger partial charge on any atom is 0.274 e. The molecule has 2 aromatic carbocycles. The van der Waals surface area contributed by atoms with Crippen LogP contribution >= 0.6 is 0 Å². The molecule has 1 fully saturated rings. The summed E-state index contributed by atoms with van der Waals surface area (Å²) in [5, 5.41) is 17.4. The Labute approximate surface area is 139 Å². The Morgan fingerprint density at radius 2 is 1.79 bits per heavy atom. The molecular formula is C19H19N3O2. The van der Waals surface area contributed by atoms with E-state index in [-0.39, 0.29) is 11.7 Å². The standard InChI is InChI=1S/C19H19N3O2/c23-15-7-5-13(6-8-15)14-9-11-22(12-10-14)19(24)18-16-3-1-2-4-17(16)20-21-18/h1-8,14,23H,9-12H2,(H,20,21). The van der Waals surface area contributed by atoms with Gasteiger partial charge >= 0.3 is 0 Å². The second kappa shape index (κ2) is 6.00.